The number of carbonyl (C=O) groups excluding carboxylic acids is 1. The van der Waals surface area contributed by atoms with Gasteiger partial charge in [0.2, 0.25) is 5.91 Å². The molecule has 1 aliphatic carbocycles. The van der Waals surface area contributed by atoms with Crippen molar-refractivity contribution in [3.8, 4) is 11.4 Å². The summed E-state index contributed by atoms with van der Waals surface area (Å²) in [6.45, 7) is 4.92. The molecule has 1 unspecified atom stereocenters. The van der Waals surface area contributed by atoms with Gasteiger partial charge in [-0.2, -0.15) is 0 Å². The normalized spacial score (nSPS) is 14.8. The van der Waals surface area contributed by atoms with Crippen LogP contribution in [0.25, 0.3) is 16.6 Å². The topological polar surface area (TPSA) is 64.4 Å². The number of fused-ring (bicyclic) bond motifs is 1. The molecule has 1 atom stereocenters. The Bertz CT molecular complexity index is 1210. The molecule has 1 aliphatic rings. The van der Waals surface area contributed by atoms with E-state index < -0.39 is 0 Å². The zero-order chi connectivity index (χ0) is 24.8. The van der Waals surface area contributed by atoms with E-state index in [9.17, 15) is 9.59 Å². The molecular weight excluding hydrogens is 438 g/mol. The van der Waals surface area contributed by atoms with Crippen molar-refractivity contribution in [3.63, 3.8) is 0 Å². The van der Waals surface area contributed by atoms with Gasteiger partial charge in [-0.15, -0.1) is 0 Å². The molecule has 1 aromatic heterocycles. The van der Waals surface area contributed by atoms with Crippen molar-refractivity contribution in [1.82, 2.24) is 14.5 Å². The van der Waals surface area contributed by atoms with Crippen LogP contribution in [0, 0.1) is 5.92 Å². The fourth-order valence-electron chi connectivity index (χ4n) is 5.32. The Morgan fingerprint density at radius 1 is 1.09 bits per heavy atom. The van der Waals surface area contributed by atoms with Crippen molar-refractivity contribution in [2.75, 3.05) is 13.7 Å². The van der Waals surface area contributed by atoms with Crippen LogP contribution in [-0.4, -0.2) is 34.0 Å². The van der Waals surface area contributed by atoms with Crippen molar-refractivity contribution in [2.24, 2.45) is 5.92 Å². The van der Waals surface area contributed by atoms with Crippen molar-refractivity contribution >= 4 is 16.8 Å². The summed E-state index contributed by atoms with van der Waals surface area (Å²) in [5.74, 6) is 1.47. The van der Waals surface area contributed by atoms with Crippen molar-refractivity contribution in [3.05, 3.63) is 64.7 Å². The van der Waals surface area contributed by atoms with Crippen molar-refractivity contribution in [2.45, 2.75) is 71.3 Å². The van der Waals surface area contributed by atoms with E-state index in [1.807, 2.05) is 53.4 Å². The van der Waals surface area contributed by atoms with Gasteiger partial charge in [-0.1, -0.05) is 63.8 Å². The summed E-state index contributed by atoms with van der Waals surface area (Å²) in [4.78, 5) is 34.8. The summed E-state index contributed by atoms with van der Waals surface area (Å²) in [5, 5.41) is 0.552. The number of hydrogen-bond donors (Lipinski definition) is 0. The summed E-state index contributed by atoms with van der Waals surface area (Å²) < 4.78 is 7.31. The molecule has 0 N–H and O–H groups in total. The zero-order valence-electron chi connectivity index (χ0n) is 21.2. The van der Waals surface area contributed by atoms with Crippen LogP contribution in [0.1, 0.15) is 77.1 Å². The van der Waals surface area contributed by atoms with Crippen LogP contribution in [0.5, 0.6) is 5.75 Å². The fraction of sp³-hybridized carbons (Fsp3) is 0.483. The Hall–Kier alpha value is -3.15. The first kappa shape index (κ1) is 25.0. The van der Waals surface area contributed by atoms with Gasteiger partial charge >= 0.3 is 0 Å². The molecule has 186 valence electrons. The molecule has 1 fully saturated rings. The quantitative estimate of drug-likeness (QED) is 0.335. The minimum atomic E-state index is -0.304. The highest BCUT2D eigenvalue weighted by Gasteiger charge is 2.34. The lowest BCUT2D eigenvalue weighted by Gasteiger charge is -2.34. The Kier molecular flexibility index (Phi) is 8.21. The Morgan fingerprint density at radius 3 is 2.51 bits per heavy atom. The lowest BCUT2D eigenvalue weighted by atomic mass is 10.0. The summed E-state index contributed by atoms with van der Waals surface area (Å²) in [6.07, 6.45) is 7.88. The molecule has 0 radical (unpaired) electrons. The third kappa shape index (κ3) is 5.12. The minimum Gasteiger partial charge on any atom is -0.495 e. The second-order valence-electron chi connectivity index (χ2n) is 9.44. The van der Waals surface area contributed by atoms with E-state index in [1.165, 1.54) is 0 Å². The molecule has 3 aromatic rings. The van der Waals surface area contributed by atoms with Gasteiger partial charge in [0, 0.05) is 12.5 Å². The van der Waals surface area contributed by atoms with Crippen LogP contribution >= 0.6 is 0 Å². The van der Waals surface area contributed by atoms with Crippen LogP contribution in [-0.2, 0) is 4.79 Å². The monoisotopic (exact) mass is 475 g/mol. The fourth-order valence-corrected chi connectivity index (χ4v) is 5.32. The molecule has 0 saturated heterocycles. The number of unbranched alkanes of at least 4 members (excludes halogenated alkanes) is 2. The number of benzene rings is 2. The van der Waals surface area contributed by atoms with Gasteiger partial charge in [-0.3, -0.25) is 14.2 Å². The third-order valence-electron chi connectivity index (χ3n) is 7.18. The standard InChI is InChI=1S/C29H37N3O3/c1-4-6-13-20-31(28(33)21-14-7-8-15-21)24(5-2)27-30-23-17-10-9-16-22(23)29(34)32(27)25-18-11-12-19-26(25)35-3/h9-12,16-19,21,24H,4-8,13-15,20H2,1-3H3. The second kappa shape index (κ2) is 11.5. The summed E-state index contributed by atoms with van der Waals surface area (Å²) >= 11 is 0. The number of ether oxygens (including phenoxy) is 1. The van der Waals surface area contributed by atoms with Gasteiger partial charge in [-0.25, -0.2) is 4.98 Å². The first-order chi connectivity index (χ1) is 17.1. The number of nitrogens with zero attached hydrogens (tertiary/aromatic N) is 3. The lowest BCUT2D eigenvalue weighted by molar-refractivity contribution is -0.138. The van der Waals surface area contributed by atoms with Crippen LogP contribution in [0.15, 0.2) is 53.3 Å². The number of amides is 1. The molecule has 2 aromatic carbocycles. The van der Waals surface area contributed by atoms with E-state index >= 15 is 0 Å². The molecule has 4 rings (SSSR count). The van der Waals surface area contributed by atoms with Crippen LogP contribution in [0.2, 0.25) is 0 Å². The predicted molar refractivity (Wildman–Crippen MR) is 140 cm³/mol. The van der Waals surface area contributed by atoms with Crippen molar-refractivity contribution < 1.29 is 9.53 Å². The van der Waals surface area contributed by atoms with E-state index in [0.29, 0.717) is 41.1 Å². The van der Waals surface area contributed by atoms with Crippen LogP contribution in [0.4, 0.5) is 0 Å². The van der Waals surface area contributed by atoms with Crippen LogP contribution in [0.3, 0.4) is 0 Å². The molecular formula is C29H37N3O3. The molecule has 6 heteroatoms. The summed E-state index contributed by atoms with van der Waals surface area (Å²) in [6, 6.07) is 14.7. The summed E-state index contributed by atoms with van der Waals surface area (Å²) in [5.41, 5.74) is 1.16. The number of methoxy groups -OCH3 is 1. The van der Waals surface area contributed by atoms with Crippen LogP contribution < -0.4 is 10.3 Å². The Balaban J connectivity index is 1.91. The zero-order valence-corrected chi connectivity index (χ0v) is 21.2. The number of rotatable bonds is 10. The Labute approximate surface area is 207 Å². The Morgan fingerprint density at radius 2 is 1.80 bits per heavy atom. The van der Waals surface area contributed by atoms with E-state index in [4.69, 9.17) is 9.72 Å². The van der Waals surface area contributed by atoms with Gasteiger partial charge in [0.25, 0.3) is 5.56 Å². The number of para-hydroxylation sites is 3. The first-order valence-corrected chi connectivity index (χ1v) is 13.1. The number of carbonyl (C=O) groups is 1. The van der Waals surface area contributed by atoms with Gasteiger partial charge in [0.15, 0.2) is 0 Å². The molecule has 1 saturated carbocycles. The maximum atomic E-state index is 13.9. The molecule has 1 amide bonds. The average Bonchev–Trinajstić information content (AvgIpc) is 3.43. The van der Waals surface area contributed by atoms with E-state index in [2.05, 4.69) is 13.8 Å². The highest BCUT2D eigenvalue weighted by atomic mass is 16.5. The number of hydrogen-bond acceptors (Lipinski definition) is 4. The largest absolute Gasteiger partial charge is 0.495 e. The predicted octanol–water partition coefficient (Wildman–Crippen LogP) is 6.05. The van der Waals surface area contributed by atoms with Gasteiger partial charge in [-0.05, 0) is 49.9 Å². The second-order valence-corrected chi connectivity index (χ2v) is 9.44. The molecule has 0 spiro atoms. The average molecular weight is 476 g/mol. The highest BCUT2D eigenvalue weighted by Crippen LogP contribution is 2.33. The van der Waals surface area contributed by atoms with Gasteiger partial charge in [0.05, 0.1) is 29.7 Å². The van der Waals surface area contributed by atoms with E-state index in [0.717, 1.165) is 44.9 Å². The minimum absolute atomic E-state index is 0.0672. The molecule has 0 aliphatic heterocycles. The number of aromatic nitrogens is 2. The molecule has 6 nitrogen and oxygen atoms in total. The van der Waals surface area contributed by atoms with E-state index in [-0.39, 0.29) is 23.4 Å². The maximum absolute atomic E-state index is 13.9. The molecule has 35 heavy (non-hydrogen) atoms. The SMILES string of the molecule is CCCCCN(C(=O)C1CCCC1)C(CC)c1nc2ccccc2c(=O)n1-c1ccccc1OC. The third-order valence-corrected chi connectivity index (χ3v) is 7.18. The first-order valence-electron chi connectivity index (χ1n) is 13.1. The lowest BCUT2D eigenvalue weighted by Crippen LogP contribution is -2.41. The smallest absolute Gasteiger partial charge is 0.266 e. The van der Waals surface area contributed by atoms with E-state index in [1.54, 1.807) is 11.7 Å². The van der Waals surface area contributed by atoms with Crippen molar-refractivity contribution in [1.29, 1.82) is 0 Å². The highest BCUT2D eigenvalue weighted by molar-refractivity contribution is 5.80. The maximum Gasteiger partial charge on any atom is 0.266 e. The summed E-state index contributed by atoms with van der Waals surface area (Å²) in [7, 11) is 1.61. The molecule has 1 heterocycles. The molecule has 0 bridgehead atoms. The van der Waals surface area contributed by atoms with Gasteiger partial charge < -0.3 is 9.64 Å². The van der Waals surface area contributed by atoms with Gasteiger partial charge in [0.1, 0.15) is 11.6 Å².